The van der Waals surface area contributed by atoms with Crippen molar-refractivity contribution in [3.05, 3.63) is 54.2 Å². The van der Waals surface area contributed by atoms with Gasteiger partial charge in [0.25, 0.3) is 0 Å². The zero-order chi connectivity index (χ0) is 12.8. The fourth-order valence-corrected chi connectivity index (χ4v) is 1.33. The molecule has 0 spiro atoms. The summed E-state index contributed by atoms with van der Waals surface area (Å²) in [4.78, 5) is 15.4. The first kappa shape index (κ1) is 12.1. The maximum absolute atomic E-state index is 11.5. The van der Waals surface area contributed by atoms with E-state index in [1.54, 1.807) is 24.4 Å². The molecule has 0 atom stereocenters. The largest absolute Gasteiger partial charge is 0.482 e. The topological polar surface area (TPSA) is 48.4 Å². The molecule has 0 aliphatic heterocycles. The van der Waals surface area contributed by atoms with Gasteiger partial charge in [0.2, 0.25) is 5.88 Å². The number of pyridine rings is 1. The monoisotopic (exact) mass is 243 g/mol. The normalized spacial score (nSPS) is 9.83. The molecule has 0 N–H and O–H groups in total. The summed E-state index contributed by atoms with van der Waals surface area (Å²) < 4.78 is 10.3. The molecule has 18 heavy (non-hydrogen) atoms. The lowest BCUT2D eigenvalue weighted by atomic mass is 10.2. The zero-order valence-electron chi connectivity index (χ0n) is 10.00. The van der Waals surface area contributed by atoms with Crippen molar-refractivity contribution < 1.29 is 14.3 Å². The Labute approximate surface area is 105 Å². The summed E-state index contributed by atoms with van der Waals surface area (Å²) in [5, 5.41) is 0. The van der Waals surface area contributed by atoms with Crippen LogP contribution in [0.1, 0.15) is 5.56 Å². The summed E-state index contributed by atoms with van der Waals surface area (Å²) in [5.41, 5.74) is 1.14. The molecular formula is C14H13NO3. The van der Waals surface area contributed by atoms with Crippen LogP contribution in [-0.4, -0.2) is 17.6 Å². The highest BCUT2D eigenvalue weighted by Crippen LogP contribution is 2.11. The molecule has 4 heteroatoms. The van der Waals surface area contributed by atoms with Crippen LogP contribution in [0.25, 0.3) is 0 Å². The van der Waals surface area contributed by atoms with Gasteiger partial charge < -0.3 is 9.47 Å². The third-order valence-corrected chi connectivity index (χ3v) is 2.23. The molecule has 0 unspecified atom stereocenters. The van der Waals surface area contributed by atoms with Gasteiger partial charge in [0.15, 0.2) is 6.61 Å². The van der Waals surface area contributed by atoms with Gasteiger partial charge in [-0.25, -0.2) is 9.78 Å². The first-order valence-electron chi connectivity index (χ1n) is 5.55. The van der Waals surface area contributed by atoms with E-state index in [-0.39, 0.29) is 12.5 Å². The molecule has 0 aliphatic carbocycles. The van der Waals surface area contributed by atoms with E-state index in [9.17, 15) is 4.79 Å². The number of nitrogens with zero attached hydrogens (tertiary/aromatic N) is 1. The minimum atomic E-state index is -0.478. The molecule has 0 fully saturated rings. The van der Waals surface area contributed by atoms with Crippen LogP contribution in [0, 0.1) is 6.92 Å². The lowest BCUT2D eigenvalue weighted by Crippen LogP contribution is -2.18. The molecule has 1 aromatic carbocycles. The molecule has 0 aliphatic rings. The molecule has 0 amide bonds. The van der Waals surface area contributed by atoms with E-state index in [2.05, 4.69) is 4.98 Å². The predicted molar refractivity (Wildman–Crippen MR) is 66.5 cm³/mol. The summed E-state index contributed by atoms with van der Waals surface area (Å²) in [6, 6.07) is 12.6. The lowest BCUT2D eigenvalue weighted by molar-refractivity contribution is -0.136. The third kappa shape index (κ3) is 3.59. The Bertz CT molecular complexity index is 508. The number of carbonyl (C=O) groups excluding carboxylic acids is 1. The number of hydrogen-bond donors (Lipinski definition) is 0. The Hall–Kier alpha value is -2.36. The molecule has 1 aromatic heterocycles. The van der Waals surface area contributed by atoms with E-state index in [0.717, 1.165) is 5.56 Å². The van der Waals surface area contributed by atoms with Crippen LogP contribution in [0.2, 0.25) is 0 Å². The van der Waals surface area contributed by atoms with Crippen molar-refractivity contribution in [2.45, 2.75) is 6.92 Å². The average molecular weight is 243 g/mol. The molecule has 1 heterocycles. The number of rotatable bonds is 4. The highest BCUT2D eigenvalue weighted by Gasteiger charge is 2.06. The smallest absolute Gasteiger partial charge is 0.350 e. The van der Waals surface area contributed by atoms with E-state index in [4.69, 9.17) is 9.47 Å². The van der Waals surface area contributed by atoms with Gasteiger partial charge in [-0.2, -0.15) is 0 Å². The van der Waals surface area contributed by atoms with Crippen molar-refractivity contribution in [1.29, 1.82) is 0 Å². The maximum Gasteiger partial charge on any atom is 0.350 e. The van der Waals surface area contributed by atoms with Crippen molar-refractivity contribution in [2.75, 3.05) is 6.61 Å². The highest BCUT2D eigenvalue weighted by atomic mass is 16.6. The number of carbonyl (C=O) groups is 1. The van der Waals surface area contributed by atoms with Crippen LogP contribution >= 0.6 is 0 Å². The summed E-state index contributed by atoms with van der Waals surface area (Å²) in [6.45, 7) is 1.85. The second kappa shape index (κ2) is 5.82. The molecule has 2 aromatic rings. The van der Waals surface area contributed by atoms with Gasteiger partial charge in [0.05, 0.1) is 0 Å². The lowest BCUT2D eigenvalue weighted by Gasteiger charge is -2.06. The van der Waals surface area contributed by atoms with Crippen molar-refractivity contribution in [1.82, 2.24) is 4.98 Å². The van der Waals surface area contributed by atoms with Gasteiger partial charge in [-0.1, -0.05) is 23.8 Å². The standard InChI is InChI=1S/C14H13NO3/c1-11-5-7-12(8-6-11)17-10-14(16)18-13-4-2-3-9-15-13/h2-9H,10H2,1H3. The van der Waals surface area contributed by atoms with Crippen molar-refractivity contribution in [3.63, 3.8) is 0 Å². The van der Waals surface area contributed by atoms with Gasteiger partial charge in [-0.05, 0) is 25.1 Å². The van der Waals surface area contributed by atoms with Gasteiger partial charge in [0.1, 0.15) is 5.75 Å². The SMILES string of the molecule is Cc1ccc(OCC(=O)Oc2ccccn2)cc1. The van der Waals surface area contributed by atoms with E-state index in [1.165, 1.54) is 0 Å². The summed E-state index contributed by atoms with van der Waals surface area (Å²) in [7, 11) is 0. The Kier molecular flexibility index (Phi) is 3.91. The van der Waals surface area contributed by atoms with Gasteiger partial charge in [-0.15, -0.1) is 0 Å². The number of ether oxygens (including phenoxy) is 2. The quantitative estimate of drug-likeness (QED) is 0.773. The summed E-state index contributed by atoms with van der Waals surface area (Å²) >= 11 is 0. The third-order valence-electron chi connectivity index (χ3n) is 2.23. The maximum atomic E-state index is 11.5. The Morgan fingerprint density at radius 3 is 2.61 bits per heavy atom. The minimum absolute atomic E-state index is 0.139. The zero-order valence-corrected chi connectivity index (χ0v) is 10.00. The predicted octanol–water partition coefficient (Wildman–Crippen LogP) is 2.37. The van der Waals surface area contributed by atoms with Gasteiger partial charge in [0, 0.05) is 12.3 Å². The average Bonchev–Trinajstić information content (AvgIpc) is 2.39. The van der Waals surface area contributed by atoms with Crippen molar-refractivity contribution in [2.24, 2.45) is 0 Å². The van der Waals surface area contributed by atoms with Gasteiger partial charge in [-0.3, -0.25) is 0 Å². The van der Waals surface area contributed by atoms with Crippen molar-refractivity contribution >= 4 is 5.97 Å². The first-order chi connectivity index (χ1) is 8.74. The molecule has 0 radical (unpaired) electrons. The number of aromatic nitrogens is 1. The highest BCUT2D eigenvalue weighted by molar-refractivity contribution is 5.73. The van der Waals surface area contributed by atoms with E-state index < -0.39 is 5.97 Å². The second-order valence-corrected chi connectivity index (χ2v) is 3.74. The molecule has 92 valence electrons. The number of benzene rings is 1. The fourth-order valence-electron chi connectivity index (χ4n) is 1.33. The molecule has 0 bridgehead atoms. The van der Waals surface area contributed by atoms with E-state index in [1.807, 2.05) is 31.2 Å². The first-order valence-corrected chi connectivity index (χ1v) is 5.55. The Morgan fingerprint density at radius 1 is 1.17 bits per heavy atom. The van der Waals surface area contributed by atoms with E-state index in [0.29, 0.717) is 5.75 Å². The second-order valence-electron chi connectivity index (χ2n) is 3.74. The van der Waals surface area contributed by atoms with Crippen LogP contribution in [0.15, 0.2) is 48.7 Å². The van der Waals surface area contributed by atoms with E-state index >= 15 is 0 Å². The van der Waals surface area contributed by atoms with Crippen molar-refractivity contribution in [3.8, 4) is 11.6 Å². The molecule has 0 saturated heterocycles. The number of aryl methyl sites for hydroxylation is 1. The van der Waals surface area contributed by atoms with Crippen LogP contribution in [0.4, 0.5) is 0 Å². The van der Waals surface area contributed by atoms with Crippen LogP contribution < -0.4 is 9.47 Å². The number of hydrogen-bond acceptors (Lipinski definition) is 4. The Morgan fingerprint density at radius 2 is 1.94 bits per heavy atom. The summed E-state index contributed by atoms with van der Waals surface area (Å²) in [5.74, 6) is 0.433. The summed E-state index contributed by atoms with van der Waals surface area (Å²) in [6.07, 6.45) is 1.56. The van der Waals surface area contributed by atoms with Gasteiger partial charge >= 0.3 is 5.97 Å². The molecule has 0 saturated carbocycles. The Balaban J connectivity index is 1.83. The molecule has 2 rings (SSSR count). The molecular weight excluding hydrogens is 230 g/mol. The minimum Gasteiger partial charge on any atom is -0.482 e. The molecule has 4 nitrogen and oxygen atoms in total. The fraction of sp³-hybridized carbons (Fsp3) is 0.143. The van der Waals surface area contributed by atoms with Crippen LogP contribution in [0.3, 0.4) is 0 Å². The number of esters is 1. The van der Waals surface area contributed by atoms with Crippen LogP contribution in [-0.2, 0) is 4.79 Å². The van der Waals surface area contributed by atoms with Crippen LogP contribution in [0.5, 0.6) is 11.6 Å².